The maximum absolute atomic E-state index is 3.52. The van der Waals surface area contributed by atoms with Crippen molar-refractivity contribution < 1.29 is 0 Å². The molecule has 1 aliphatic heterocycles. The number of hydrogen-bond acceptors (Lipinski definition) is 3. The normalized spacial score (nSPS) is 31.3. The molecule has 1 N–H and O–H groups in total. The minimum Gasteiger partial charge on any atom is -0.317 e. The van der Waals surface area contributed by atoms with Gasteiger partial charge in [0.1, 0.15) is 0 Å². The Morgan fingerprint density at radius 2 is 1.72 bits per heavy atom. The third-order valence-electron chi connectivity index (χ3n) is 4.77. The lowest BCUT2D eigenvalue weighted by atomic mass is 9.78. The second kappa shape index (κ2) is 5.89. The summed E-state index contributed by atoms with van der Waals surface area (Å²) in [4.78, 5) is 5.37. The Balaban J connectivity index is 1.76. The summed E-state index contributed by atoms with van der Waals surface area (Å²) in [5, 5.41) is 3.52. The van der Waals surface area contributed by atoms with Crippen LogP contribution in [-0.2, 0) is 0 Å². The Morgan fingerprint density at radius 1 is 1.06 bits per heavy atom. The van der Waals surface area contributed by atoms with Gasteiger partial charge in [-0.2, -0.15) is 0 Å². The van der Waals surface area contributed by atoms with Crippen molar-refractivity contribution in [2.45, 2.75) is 52.1 Å². The second-order valence-electron chi connectivity index (χ2n) is 6.91. The minimum atomic E-state index is 0.342. The summed E-state index contributed by atoms with van der Waals surface area (Å²) in [5.74, 6) is 0.908. The lowest BCUT2D eigenvalue weighted by Crippen LogP contribution is -2.59. The maximum Gasteiger partial charge on any atom is 0.0137 e. The molecule has 1 heterocycles. The Bertz CT molecular complexity index is 251. The van der Waals surface area contributed by atoms with Crippen molar-refractivity contribution >= 4 is 0 Å². The van der Waals surface area contributed by atoms with E-state index in [1.807, 2.05) is 0 Å². The summed E-state index contributed by atoms with van der Waals surface area (Å²) in [7, 11) is 0. The zero-order valence-electron chi connectivity index (χ0n) is 12.7. The van der Waals surface area contributed by atoms with E-state index in [9.17, 15) is 0 Å². The average molecular weight is 253 g/mol. The quantitative estimate of drug-likeness (QED) is 0.824. The van der Waals surface area contributed by atoms with E-state index in [-0.39, 0.29) is 0 Å². The highest BCUT2D eigenvalue weighted by Gasteiger charge is 2.37. The molecule has 3 nitrogen and oxygen atoms in total. The van der Waals surface area contributed by atoms with Crippen molar-refractivity contribution in [2.24, 2.45) is 5.92 Å². The molecule has 2 fully saturated rings. The van der Waals surface area contributed by atoms with Gasteiger partial charge in [0.2, 0.25) is 0 Å². The molecule has 0 aromatic carbocycles. The molecule has 2 aliphatic rings. The highest BCUT2D eigenvalue weighted by atomic mass is 15.3. The first-order chi connectivity index (χ1) is 8.52. The molecule has 1 aliphatic carbocycles. The third-order valence-corrected chi connectivity index (χ3v) is 4.77. The van der Waals surface area contributed by atoms with E-state index in [2.05, 4.69) is 42.8 Å². The fourth-order valence-electron chi connectivity index (χ4n) is 3.32. The van der Waals surface area contributed by atoms with Gasteiger partial charge in [0, 0.05) is 37.8 Å². The SMILES string of the molecule is CCNCC1CCC1N1CCN(C(C)(C)C)CC1. The summed E-state index contributed by atoms with van der Waals surface area (Å²) in [6, 6.07) is 0.867. The number of nitrogens with zero attached hydrogens (tertiary/aromatic N) is 2. The van der Waals surface area contributed by atoms with Crippen molar-refractivity contribution in [3.63, 3.8) is 0 Å². The van der Waals surface area contributed by atoms with Crippen LogP contribution in [0.25, 0.3) is 0 Å². The number of nitrogens with one attached hydrogen (secondary N) is 1. The zero-order valence-corrected chi connectivity index (χ0v) is 12.7. The van der Waals surface area contributed by atoms with Gasteiger partial charge >= 0.3 is 0 Å². The van der Waals surface area contributed by atoms with E-state index in [1.54, 1.807) is 0 Å². The van der Waals surface area contributed by atoms with Crippen molar-refractivity contribution in [2.75, 3.05) is 39.3 Å². The predicted octanol–water partition coefficient (Wildman–Crippen LogP) is 1.79. The molecule has 18 heavy (non-hydrogen) atoms. The van der Waals surface area contributed by atoms with Gasteiger partial charge < -0.3 is 5.32 Å². The fourth-order valence-corrected chi connectivity index (χ4v) is 3.32. The van der Waals surface area contributed by atoms with Crippen LogP contribution < -0.4 is 5.32 Å². The van der Waals surface area contributed by atoms with Crippen LogP contribution >= 0.6 is 0 Å². The van der Waals surface area contributed by atoms with Crippen LogP contribution in [0, 0.1) is 5.92 Å². The van der Waals surface area contributed by atoms with Crippen molar-refractivity contribution in [1.29, 1.82) is 0 Å². The van der Waals surface area contributed by atoms with E-state index >= 15 is 0 Å². The molecule has 0 spiro atoms. The summed E-state index contributed by atoms with van der Waals surface area (Å²) in [6.45, 7) is 16.6. The first kappa shape index (κ1) is 14.3. The molecule has 2 rings (SSSR count). The van der Waals surface area contributed by atoms with E-state index in [0.717, 1.165) is 18.5 Å². The van der Waals surface area contributed by atoms with E-state index in [4.69, 9.17) is 0 Å². The molecular weight excluding hydrogens is 222 g/mol. The molecule has 3 heteroatoms. The monoisotopic (exact) mass is 253 g/mol. The third kappa shape index (κ3) is 3.25. The molecule has 2 atom stereocenters. The highest BCUT2D eigenvalue weighted by Crippen LogP contribution is 2.32. The minimum absolute atomic E-state index is 0.342. The average Bonchev–Trinajstić information content (AvgIpc) is 2.27. The van der Waals surface area contributed by atoms with Crippen LogP contribution in [0.3, 0.4) is 0 Å². The Labute approximate surface area is 113 Å². The van der Waals surface area contributed by atoms with Gasteiger partial charge in [-0.25, -0.2) is 0 Å². The predicted molar refractivity (Wildman–Crippen MR) is 78.0 cm³/mol. The van der Waals surface area contributed by atoms with E-state index < -0.39 is 0 Å². The largest absolute Gasteiger partial charge is 0.317 e. The lowest BCUT2D eigenvalue weighted by Gasteiger charge is -2.50. The molecule has 0 amide bonds. The van der Waals surface area contributed by atoms with Gasteiger partial charge in [0.15, 0.2) is 0 Å². The Kier molecular flexibility index (Phi) is 4.68. The van der Waals surface area contributed by atoms with Crippen molar-refractivity contribution in [3.8, 4) is 0 Å². The van der Waals surface area contributed by atoms with Crippen LogP contribution in [0.4, 0.5) is 0 Å². The van der Waals surface area contributed by atoms with Gasteiger partial charge in [0.05, 0.1) is 0 Å². The number of piperazine rings is 1. The molecule has 0 radical (unpaired) electrons. The van der Waals surface area contributed by atoms with Gasteiger partial charge in [-0.15, -0.1) is 0 Å². The van der Waals surface area contributed by atoms with Gasteiger partial charge in [0.25, 0.3) is 0 Å². The van der Waals surface area contributed by atoms with Gasteiger partial charge in [-0.05, 0) is 52.6 Å². The van der Waals surface area contributed by atoms with Crippen molar-refractivity contribution in [3.05, 3.63) is 0 Å². The maximum atomic E-state index is 3.52. The zero-order chi connectivity index (χ0) is 13.2. The molecule has 0 aromatic heterocycles. The highest BCUT2D eigenvalue weighted by molar-refractivity contribution is 4.93. The van der Waals surface area contributed by atoms with Crippen LogP contribution in [0.2, 0.25) is 0 Å². The Morgan fingerprint density at radius 3 is 2.17 bits per heavy atom. The summed E-state index contributed by atoms with van der Waals surface area (Å²) in [5.41, 5.74) is 0.342. The molecule has 106 valence electrons. The first-order valence-corrected chi connectivity index (χ1v) is 7.72. The van der Waals surface area contributed by atoms with Gasteiger partial charge in [-0.3, -0.25) is 9.80 Å². The fraction of sp³-hybridized carbons (Fsp3) is 1.00. The van der Waals surface area contributed by atoms with E-state index in [1.165, 1.54) is 45.6 Å². The topological polar surface area (TPSA) is 18.5 Å². The van der Waals surface area contributed by atoms with Crippen LogP contribution in [0.1, 0.15) is 40.5 Å². The van der Waals surface area contributed by atoms with E-state index in [0.29, 0.717) is 5.54 Å². The summed E-state index contributed by atoms with van der Waals surface area (Å²) >= 11 is 0. The van der Waals surface area contributed by atoms with Gasteiger partial charge in [-0.1, -0.05) is 6.92 Å². The molecule has 0 aromatic rings. The molecule has 1 saturated heterocycles. The number of hydrogen-bond donors (Lipinski definition) is 1. The van der Waals surface area contributed by atoms with Crippen LogP contribution in [0.15, 0.2) is 0 Å². The first-order valence-electron chi connectivity index (χ1n) is 7.72. The molecular formula is C15H31N3. The standard InChI is InChI=1S/C15H31N3/c1-5-16-12-13-6-7-14(13)17-8-10-18(11-9-17)15(2,3)4/h13-14,16H,5-12H2,1-4H3. The lowest BCUT2D eigenvalue weighted by molar-refractivity contribution is -0.00388. The molecule has 0 bridgehead atoms. The Hall–Kier alpha value is -0.120. The van der Waals surface area contributed by atoms with Crippen molar-refractivity contribution in [1.82, 2.24) is 15.1 Å². The van der Waals surface area contributed by atoms with Crippen LogP contribution in [0.5, 0.6) is 0 Å². The second-order valence-corrected chi connectivity index (χ2v) is 6.91. The molecule has 2 unspecified atom stereocenters. The molecule has 1 saturated carbocycles. The smallest absolute Gasteiger partial charge is 0.0137 e. The van der Waals surface area contributed by atoms with Crippen LogP contribution in [-0.4, -0.2) is 60.6 Å². The number of rotatable bonds is 4. The summed E-state index contributed by atoms with van der Waals surface area (Å²) in [6.07, 6.45) is 2.85. The summed E-state index contributed by atoms with van der Waals surface area (Å²) < 4.78 is 0.